The van der Waals surface area contributed by atoms with Gasteiger partial charge in [0.25, 0.3) is 5.91 Å². The Morgan fingerprint density at radius 1 is 1.12 bits per heavy atom. The number of ether oxygens (including phenoxy) is 1. The van der Waals surface area contributed by atoms with Gasteiger partial charge in [-0.05, 0) is 45.4 Å². The number of nitrogens with zero attached hydrogens (tertiary/aromatic N) is 2. The van der Waals surface area contributed by atoms with Gasteiger partial charge in [0.1, 0.15) is 0 Å². The van der Waals surface area contributed by atoms with Crippen LogP contribution in [0.2, 0.25) is 0 Å². The number of carbonyl (C=O) groups excluding carboxylic acids is 2. The van der Waals surface area contributed by atoms with Crippen molar-refractivity contribution in [3.63, 3.8) is 0 Å². The second-order valence-corrected chi connectivity index (χ2v) is 6.13. The molecule has 0 aliphatic carbocycles. The lowest BCUT2D eigenvalue weighted by Crippen LogP contribution is -2.42. The van der Waals surface area contributed by atoms with Gasteiger partial charge in [0.05, 0.1) is 13.5 Å². The maximum Gasteiger partial charge on any atom is 0.381 e. The lowest BCUT2D eigenvalue weighted by molar-refractivity contribution is -0.509. The van der Waals surface area contributed by atoms with Crippen LogP contribution in [0.3, 0.4) is 0 Å². The third kappa shape index (κ3) is 4.78. The molecule has 1 aromatic carbocycles. The van der Waals surface area contributed by atoms with Crippen molar-refractivity contribution in [2.75, 3.05) is 7.11 Å². The first kappa shape index (κ1) is 19.6. The monoisotopic (exact) mass is 336 g/mol. The van der Waals surface area contributed by atoms with Gasteiger partial charge in [0.15, 0.2) is 0 Å². The summed E-state index contributed by atoms with van der Waals surface area (Å²) in [6.45, 7) is 7.79. The first-order valence-electron chi connectivity index (χ1n) is 7.82. The van der Waals surface area contributed by atoms with Crippen LogP contribution in [-0.2, 0) is 16.0 Å². The normalized spacial score (nSPS) is 12.1. The molecule has 0 bridgehead atoms. The molecule has 1 rings (SSSR count). The minimum absolute atomic E-state index is 0.0652. The fraction of sp³-hybridized carbons (Fsp3) is 0.529. The van der Waals surface area contributed by atoms with Gasteiger partial charge in [0, 0.05) is 22.6 Å². The van der Waals surface area contributed by atoms with Crippen molar-refractivity contribution in [3.8, 4) is 0 Å². The zero-order valence-corrected chi connectivity index (χ0v) is 14.7. The van der Waals surface area contributed by atoms with E-state index in [9.17, 15) is 19.7 Å². The van der Waals surface area contributed by atoms with E-state index < -0.39 is 16.9 Å². The molecule has 0 heterocycles. The predicted molar refractivity (Wildman–Crippen MR) is 89.4 cm³/mol. The number of benzene rings is 1. The van der Waals surface area contributed by atoms with E-state index in [1.807, 2.05) is 27.7 Å². The van der Waals surface area contributed by atoms with Gasteiger partial charge in [0.2, 0.25) is 0 Å². The van der Waals surface area contributed by atoms with E-state index in [2.05, 4.69) is 4.74 Å². The Kier molecular flexibility index (Phi) is 6.88. The van der Waals surface area contributed by atoms with Gasteiger partial charge in [-0.1, -0.05) is 12.1 Å². The molecule has 0 aliphatic heterocycles. The van der Waals surface area contributed by atoms with Gasteiger partial charge in [-0.2, -0.15) is 0 Å². The number of rotatable bonds is 7. The lowest BCUT2D eigenvalue weighted by atomic mass is 10.0. The fourth-order valence-corrected chi connectivity index (χ4v) is 2.60. The molecule has 0 fully saturated rings. The summed E-state index contributed by atoms with van der Waals surface area (Å²) < 4.78 is 4.45. The van der Waals surface area contributed by atoms with Gasteiger partial charge in [-0.15, -0.1) is 0 Å². The third-order valence-corrected chi connectivity index (χ3v) is 3.70. The summed E-state index contributed by atoms with van der Waals surface area (Å²) in [5.41, 5.74) is 1.11. The number of carbonyl (C=O) groups is 2. The smallest absolute Gasteiger partial charge is 0.381 e. The molecule has 0 aromatic heterocycles. The Bertz CT molecular complexity index is 588. The highest BCUT2D eigenvalue weighted by molar-refractivity contribution is 5.94. The average Bonchev–Trinajstić information content (AvgIpc) is 2.51. The number of amides is 1. The molecule has 24 heavy (non-hydrogen) atoms. The largest absolute Gasteiger partial charge is 0.464 e. The van der Waals surface area contributed by atoms with Crippen LogP contribution in [-0.4, -0.2) is 46.9 Å². The second kappa shape index (κ2) is 8.42. The molecular weight excluding hydrogens is 312 g/mol. The lowest BCUT2D eigenvalue weighted by Gasteiger charge is -2.30. The number of nitro groups is 1. The zero-order chi connectivity index (χ0) is 18.4. The summed E-state index contributed by atoms with van der Waals surface area (Å²) in [7, 11) is 1.12. The van der Waals surface area contributed by atoms with Crippen molar-refractivity contribution in [3.05, 3.63) is 45.5 Å². The Hall–Kier alpha value is -2.44. The third-order valence-electron chi connectivity index (χ3n) is 3.70. The minimum Gasteiger partial charge on any atom is -0.464 e. The molecule has 0 spiro atoms. The standard InChI is InChI=1S/C17H24N2O5/c1-11(2)18(12(3)4)16(20)14-8-6-13(7-9-14)10-15(19(22)23)17(21)24-5/h6-9,11-12,15H,10H2,1-5H3. The van der Waals surface area contributed by atoms with Crippen LogP contribution in [0, 0.1) is 10.1 Å². The second-order valence-electron chi connectivity index (χ2n) is 6.13. The van der Waals surface area contributed by atoms with Crippen LogP contribution in [0.5, 0.6) is 0 Å². The molecule has 0 N–H and O–H groups in total. The maximum absolute atomic E-state index is 12.6. The Labute approximate surface area is 141 Å². The molecule has 1 amide bonds. The van der Waals surface area contributed by atoms with Gasteiger partial charge in [-0.3, -0.25) is 14.9 Å². The molecule has 1 atom stereocenters. The first-order chi connectivity index (χ1) is 11.2. The van der Waals surface area contributed by atoms with E-state index in [0.717, 1.165) is 7.11 Å². The summed E-state index contributed by atoms with van der Waals surface area (Å²) in [4.78, 5) is 36.1. The van der Waals surface area contributed by atoms with Gasteiger partial charge < -0.3 is 9.64 Å². The molecule has 1 unspecified atom stereocenters. The molecule has 1 aromatic rings. The Morgan fingerprint density at radius 3 is 2.00 bits per heavy atom. The van der Waals surface area contributed by atoms with E-state index in [1.165, 1.54) is 0 Å². The van der Waals surface area contributed by atoms with Crippen molar-refractivity contribution in [1.82, 2.24) is 4.90 Å². The van der Waals surface area contributed by atoms with Crippen molar-refractivity contribution >= 4 is 11.9 Å². The van der Waals surface area contributed by atoms with E-state index in [0.29, 0.717) is 11.1 Å². The highest BCUT2D eigenvalue weighted by atomic mass is 16.6. The molecular formula is C17H24N2O5. The summed E-state index contributed by atoms with van der Waals surface area (Å²) in [6, 6.07) is 5.20. The topological polar surface area (TPSA) is 89.8 Å². The summed E-state index contributed by atoms with van der Waals surface area (Å²) >= 11 is 0. The van der Waals surface area contributed by atoms with Crippen molar-refractivity contribution in [2.24, 2.45) is 0 Å². The van der Waals surface area contributed by atoms with Crippen LogP contribution in [0.1, 0.15) is 43.6 Å². The van der Waals surface area contributed by atoms with Crippen LogP contribution in [0.4, 0.5) is 0 Å². The molecule has 132 valence electrons. The Balaban J connectivity index is 2.94. The minimum atomic E-state index is -1.45. The molecule has 0 aliphatic rings. The summed E-state index contributed by atoms with van der Waals surface area (Å²) in [6.07, 6.45) is -0.0772. The summed E-state index contributed by atoms with van der Waals surface area (Å²) in [5.74, 6) is -0.976. The van der Waals surface area contributed by atoms with Crippen LogP contribution in [0.15, 0.2) is 24.3 Å². The number of methoxy groups -OCH3 is 1. The molecule has 0 radical (unpaired) electrons. The zero-order valence-electron chi connectivity index (χ0n) is 14.7. The Morgan fingerprint density at radius 2 is 1.62 bits per heavy atom. The number of esters is 1. The van der Waals surface area contributed by atoms with E-state index in [-0.39, 0.29) is 24.4 Å². The van der Waals surface area contributed by atoms with Gasteiger partial charge >= 0.3 is 12.0 Å². The molecule has 7 heteroatoms. The summed E-state index contributed by atoms with van der Waals surface area (Å²) in [5, 5.41) is 11.0. The fourth-order valence-electron chi connectivity index (χ4n) is 2.60. The average molecular weight is 336 g/mol. The molecule has 0 saturated heterocycles. The highest BCUT2D eigenvalue weighted by Gasteiger charge is 2.31. The van der Waals surface area contributed by atoms with Crippen LogP contribution in [0.25, 0.3) is 0 Å². The van der Waals surface area contributed by atoms with Gasteiger partial charge in [-0.25, -0.2) is 4.79 Å². The van der Waals surface area contributed by atoms with Crippen LogP contribution < -0.4 is 0 Å². The predicted octanol–water partition coefficient (Wildman–Crippen LogP) is 2.31. The van der Waals surface area contributed by atoms with Crippen molar-refractivity contribution in [1.29, 1.82) is 0 Å². The van der Waals surface area contributed by atoms with E-state index >= 15 is 0 Å². The van der Waals surface area contributed by atoms with E-state index in [4.69, 9.17) is 0 Å². The maximum atomic E-state index is 12.6. The highest BCUT2D eigenvalue weighted by Crippen LogP contribution is 2.15. The quantitative estimate of drug-likeness (QED) is 0.433. The first-order valence-corrected chi connectivity index (χ1v) is 7.82. The number of hydrogen-bond acceptors (Lipinski definition) is 5. The van der Waals surface area contributed by atoms with Crippen molar-refractivity contribution in [2.45, 2.75) is 52.2 Å². The molecule has 7 nitrogen and oxygen atoms in total. The number of hydrogen-bond donors (Lipinski definition) is 0. The van der Waals surface area contributed by atoms with Crippen LogP contribution >= 0.6 is 0 Å². The van der Waals surface area contributed by atoms with Crippen molar-refractivity contribution < 1.29 is 19.2 Å². The van der Waals surface area contributed by atoms with E-state index in [1.54, 1.807) is 29.2 Å². The SMILES string of the molecule is COC(=O)C(Cc1ccc(C(=O)N(C(C)C)C(C)C)cc1)[N+](=O)[O-]. The molecule has 0 saturated carbocycles.